The molecule has 19 heavy (non-hydrogen) atoms. The fraction of sp³-hybridized carbons (Fsp3) is 0.857. The van der Waals surface area contributed by atoms with Gasteiger partial charge in [-0.25, -0.2) is 0 Å². The maximum atomic E-state index is 12.2. The number of carboxylic acids is 1. The molecule has 0 aliphatic heterocycles. The van der Waals surface area contributed by atoms with Gasteiger partial charge in [-0.15, -0.1) is 0 Å². The molecule has 0 heterocycles. The number of rotatable bonds is 7. The molecule has 2 atom stereocenters. The Morgan fingerprint density at radius 1 is 1.05 bits per heavy atom. The van der Waals surface area contributed by atoms with E-state index in [4.69, 9.17) is 5.11 Å². The number of carbonyl (C=O) groups excluding carboxylic acids is 1. The van der Waals surface area contributed by atoms with Crippen molar-refractivity contribution in [3.63, 3.8) is 0 Å². The summed E-state index contributed by atoms with van der Waals surface area (Å²) < 4.78 is 0. The van der Waals surface area contributed by atoms with Gasteiger partial charge < -0.3 is 14.9 Å². The van der Waals surface area contributed by atoms with Crippen LogP contribution in [0.2, 0.25) is 0 Å². The monoisotopic (exact) mass is 272 g/mol. The van der Waals surface area contributed by atoms with E-state index in [0.717, 1.165) is 6.54 Å². The lowest BCUT2D eigenvalue weighted by Crippen LogP contribution is -2.44. The van der Waals surface area contributed by atoms with Gasteiger partial charge in [0.05, 0.1) is 5.92 Å². The number of hydrogen-bond acceptors (Lipinski definition) is 3. The summed E-state index contributed by atoms with van der Waals surface area (Å²) in [6.07, 6.45) is 0. The summed E-state index contributed by atoms with van der Waals surface area (Å²) in [4.78, 5) is 26.9. The summed E-state index contributed by atoms with van der Waals surface area (Å²) in [6, 6.07) is 0. The van der Waals surface area contributed by atoms with E-state index >= 15 is 0 Å². The van der Waals surface area contributed by atoms with Crippen molar-refractivity contribution >= 4 is 11.9 Å². The van der Waals surface area contributed by atoms with Crippen LogP contribution >= 0.6 is 0 Å². The molecule has 112 valence electrons. The molecule has 0 fully saturated rings. The van der Waals surface area contributed by atoms with E-state index in [9.17, 15) is 9.59 Å². The second-order valence-electron chi connectivity index (χ2n) is 6.51. The summed E-state index contributed by atoms with van der Waals surface area (Å²) in [5.74, 6) is -2.20. The number of nitrogens with zero attached hydrogens (tertiary/aromatic N) is 2. The van der Waals surface area contributed by atoms with E-state index in [-0.39, 0.29) is 11.3 Å². The van der Waals surface area contributed by atoms with Crippen LogP contribution in [-0.4, -0.2) is 61.0 Å². The maximum Gasteiger partial charge on any atom is 0.307 e. The highest BCUT2D eigenvalue weighted by atomic mass is 16.4. The van der Waals surface area contributed by atoms with Crippen molar-refractivity contribution in [1.82, 2.24) is 9.80 Å². The zero-order chi connectivity index (χ0) is 15.4. The molecule has 5 heteroatoms. The zero-order valence-electron chi connectivity index (χ0n) is 13.2. The van der Waals surface area contributed by atoms with E-state index in [1.807, 2.05) is 14.1 Å². The fourth-order valence-corrected chi connectivity index (χ4v) is 2.40. The molecule has 0 aliphatic rings. The van der Waals surface area contributed by atoms with Gasteiger partial charge in [0.15, 0.2) is 0 Å². The first kappa shape index (κ1) is 17.9. The molecule has 0 aromatic rings. The van der Waals surface area contributed by atoms with E-state index in [0.29, 0.717) is 6.54 Å². The first-order valence-electron chi connectivity index (χ1n) is 6.60. The molecule has 0 aromatic carbocycles. The summed E-state index contributed by atoms with van der Waals surface area (Å²) >= 11 is 0. The molecule has 2 unspecified atom stereocenters. The highest BCUT2D eigenvalue weighted by Crippen LogP contribution is 2.20. The van der Waals surface area contributed by atoms with E-state index < -0.39 is 17.8 Å². The van der Waals surface area contributed by atoms with Crippen LogP contribution in [0, 0.1) is 17.3 Å². The summed E-state index contributed by atoms with van der Waals surface area (Å²) in [6.45, 7) is 8.93. The smallest absolute Gasteiger partial charge is 0.307 e. The van der Waals surface area contributed by atoms with Gasteiger partial charge in [0.1, 0.15) is 0 Å². The molecule has 0 radical (unpaired) electrons. The van der Waals surface area contributed by atoms with Gasteiger partial charge in [0.2, 0.25) is 5.91 Å². The Bertz CT molecular complexity index is 327. The van der Waals surface area contributed by atoms with Crippen LogP contribution in [0.1, 0.15) is 27.7 Å². The van der Waals surface area contributed by atoms with Crippen molar-refractivity contribution < 1.29 is 14.7 Å². The van der Waals surface area contributed by atoms with Crippen LogP contribution < -0.4 is 0 Å². The van der Waals surface area contributed by atoms with Gasteiger partial charge in [-0.2, -0.15) is 0 Å². The normalized spacial score (nSPS) is 15.2. The third-order valence-electron chi connectivity index (χ3n) is 3.31. The van der Waals surface area contributed by atoms with Crippen molar-refractivity contribution in [1.29, 1.82) is 0 Å². The van der Waals surface area contributed by atoms with Crippen molar-refractivity contribution in [2.24, 2.45) is 17.3 Å². The number of hydrogen-bond donors (Lipinski definition) is 1. The molecule has 5 nitrogen and oxygen atoms in total. The molecule has 0 spiro atoms. The van der Waals surface area contributed by atoms with E-state index in [1.165, 1.54) is 0 Å². The Morgan fingerprint density at radius 3 is 1.89 bits per heavy atom. The summed E-state index contributed by atoms with van der Waals surface area (Å²) in [5.41, 5.74) is -0.0277. The average molecular weight is 272 g/mol. The largest absolute Gasteiger partial charge is 0.481 e. The number of carboxylic acid groups (broad SMARTS) is 1. The van der Waals surface area contributed by atoms with Gasteiger partial charge in [-0.1, -0.05) is 27.7 Å². The van der Waals surface area contributed by atoms with Crippen LogP contribution in [0.5, 0.6) is 0 Å². The van der Waals surface area contributed by atoms with E-state index in [2.05, 4.69) is 18.7 Å². The molecular weight excluding hydrogens is 244 g/mol. The minimum Gasteiger partial charge on any atom is -0.481 e. The second kappa shape index (κ2) is 6.89. The van der Waals surface area contributed by atoms with Crippen molar-refractivity contribution in [3.8, 4) is 0 Å². The summed E-state index contributed by atoms with van der Waals surface area (Å²) in [7, 11) is 5.74. The standard InChI is InChI=1S/C14H28N2O3/c1-10(11(2)13(18)19)12(17)16(7)9-14(3,4)8-15(5)6/h10-11H,8-9H2,1-7H3,(H,18,19). The lowest BCUT2D eigenvalue weighted by Gasteiger charge is -2.34. The molecule has 1 amide bonds. The summed E-state index contributed by atoms with van der Waals surface area (Å²) in [5, 5.41) is 8.96. The number of carbonyl (C=O) groups is 2. The van der Waals surface area contributed by atoms with Crippen LogP contribution in [0.3, 0.4) is 0 Å². The number of amides is 1. The molecule has 0 rings (SSSR count). The average Bonchev–Trinajstić information content (AvgIpc) is 2.23. The molecule has 0 aromatic heterocycles. The lowest BCUT2D eigenvalue weighted by atomic mass is 9.90. The van der Waals surface area contributed by atoms with Gasteiger partial charge in [-0.3, -0.25) is 9.59 Å². The Hall–Kier alpha value is -1.10. The van der Waals surface area contributed by atoms with Gasteiger partial charge in [-0.05, 0) is 19.5 Å². The zero-order valence-corrected chi connectivity index (χ0v) is 13.2. The topological polar surface area (TPSA) is 60.9 Å². The molecular formula is C14H28N2O3. The van der Waals surface area contributed by atoms with Crippen LogP contribution in [-0.2, 0) is 9.59 Å². The van der Waals surface area contributed by atoms with Crippen LogP contribution in [0.4, 0.5) is 0 Å². The first-order valence-corrected chi connectivity index (χ1v) is 6.60. The third-order valence-corrected chi connectivity index (χ3v) is 3.31. The minimum atomic E-state index is -0.929. The second-order valence-corrected chi connectivity index (χ2v) is 6.51. The molecule has 0 saturated heterocycles. The van der Waals surface area contributed by atoms with Gasteiger partial charge >= 0.3 is 5.97 Å². The van der Waals surface area contributed by atoms with Crippen LogP contribution in [0.25, 0.3) is 0 Å². The Kier molecular flexibility index (Phi) is 6.49. The highest BCUT2D eigenvalue weighted by molar-refractivity contribution is 5.84. The fourth-order valence-electron chi connectivity index (χ4n) is 2.40. The third kappa shape index (κ3) is 6.05. The van der Waals surface area contributed by atoms with Crippen molar-refractivity contribution in [3.05, 3.63) is 0 Å². The number of aliphatic carboxylic acids is 1. The molecule has 0 bridgehead atoms. The predicted molar refractivity (Wildman–Crippen MR) is 75.9 cm³/mol. The maximum absolute atomic E-state index is 12.2. The Labute approximate surface area is 116 Å². The highest BCUT2D eigenvalue weighted by Gasteiger charge is 2.30. The molecule has 1 N–H and O–H groups in total. The Balaban J connectivity index is 4.62. The predicted octanol–water partition coefficient (Wildman–Crippen LogP) is 1.39. The Morgan fingerprint density at radius 2 is 1.53 bits per heavy atom. The molecule has 0 aliphatic carbocycles. The quantitative estimate of drug-likeness (QED) is 0.761. The van der Waals surface area contributed by atoms with Gasteiger partial charge in [0.25, 0.3) is 0 Å². The first-order chi connectivity index (χ1) is 8.48. The van der Waals surface area contributed by atoms with Crippen molar-refractivity contribution in [2.45, 2.75) is 27.7 Å². The van der Waals surface area contributed by atoms with Gasteiger partial charge in [0, 0.05) is 26.1 Å². The molecule has 0 saturated carbocycles. The van der Waals surface area contributed by atoms with E-state index in [1.54, 1.807) is 25.8 Å². The minimum absolute atomic E-state index is 0.0277. The lowest BCUT2D eigenvalue weighted by molar-refractivity contribution is -0.149. The van der Waals surface area contributed by atoms with Crippen LogP contribution in [0.15, 0.2) is 0 Å². The van der Waals surface area contributed by atoms with Crippen molar-refractivity contribution in [2.75, 3.05) is 34.2 Å². The SMILES string of the molecule is CC(C(=O)O)C(C)C(=O)N(C)CC(C)(C)CN(C)C.